The van der Waals surface area contributed by atoms with Crippen LogP contribution >= 0.6 is 0 Å². The fourth-order valence-corrected chi connectivity index (χ4v) is 1.49. The number of carbonyl (C=O) groups excluding carboxylic acids is 2. The van der Waals surface area contributed by atoms with E-state index >= 15 is 0 Å². The van der Waals surface area contributed by atoms with E-state index in [-0.39, 0.29) is 24.0 Å². The highest BCUT2D eigenvalue weighted by Crippen LogP contribution is 2.14. The van der Waals surface area contributed by atoms with Crippen LogP contribution in [0.3, 0.4) is 0 Å². The summed E-state index contributed by atoms with van der Waals surface area (Å²) in [5.41, 5.74) is 0. The first-order chi connectivity index (χ1) is 6.24. The molecule has 1 rings (SSSR count). The minimum absolute atomic E-state index is 0.0395. The van der Waals surface area contributed by atoms with Crippen LogP contribution in [0.15, 0.2) is 12.7 Å². The molecule has 0 bridgehead atoms. The molecule has 1 aliphatic heterocycles. The quantitative estimate of drug-likeness (QED) is 0.400. The Morgan fingerprint density at radius 2 is 2.31 bits per heavy atom. The van der Waals surface area contributed by atoms with Gasteiger partial charge in [-0.2, -0.15) is 0 Å². The van der Waals surface area contributed by atoms with Crippen LogP contribution in [0.2, 0.25) is 0 Å². The molecule has 1 atom stereocenters. The Balaban J connectivity index is 2.29. The molecule has 0 aromatic heterocycles. The van der Waals surface area contributed by atoms with E-state index in [1.807, 2.05) is 6.08 Å². The summed E-state index contributed by atoms with van der Waals surface area (Å²) >= 11 is 0. The standard InChI is InChI=1S/C10H15NO2/c1-2-3-4-5-8-7-11-10(13)6-9(8)12/h2,8H,1,3-7H2,(H,11,13). The van der Waals surface area contributed by atoms with Gasteiger partial charge in [0.1, 0.15) is 5.78 Å². The lowest BCUT2D eigenvalue weighted by molar-refractivity contribution is -0.133. The number of Topliss-reactive ketones (excluding diaryl/α,β-unsaturated/α-hetero) is 1. The summed E-state index contributed by atoms with van der Waals surface area (Å²) in [5.74, 6) is -0.00423. The molecular formula is C10H15NO2. The predicted octanol–water partition coefficient (Wildman–Crippen LogP) is 1.05. The van der Waals surface area contributed by atoms with Gasteiger partial charge in [0.2, 0.25) is 5.91 Å². The van der Waals surface area contributed by atoms with E-state index in [0.717, 1.165) is 19.3 Å². The van der Waals surface area contributed by atoms with Crippen LogP contribution in [-0.2, 0) is 9.59 Å². The number of unbranched alkanes of at least 4 members (excludes halogenated alkanes) is 1. The summed E-state index contributed by atoms with van der Waals surface area (Å²) in [7, 11) is 0. The van der Waals surface area contributed by atoms with E-state index < -0.39 is 0 Å². The number of hydrogen-bond donors (Lipinski definition) is 1. The van der Waals surface area contributed by atoms with Gasteiger partial charge in [-0.25, -0.2) is 0 Å². The summed E-state index contributed by atoms with van der Waals surface area (Å²) in [5, 5.41) is 2.70. The number of piperidine rings is 1. The molecule has 1 unspecified atom stereocenters. The first-order valence-corrected chi connectivity index (χ1v) is 4.64. The second-order valence-corrected chi connectivity index (χ2v) is 3.36. The first-order valence-electron chi connectivity index (χ1n) is 4.64. The lowest BCUT2D eigenvalue weighted by Crippen LogP contribution is -2.40. The summed E-state index contributed by atoms with van der Waals surface area (Å²) in [6.07, 6.45) is 4.71. The minimum Gasteiger partial charge on any atom is -0.355 e. The van der Waals surface area contributed by atoms with Gasteiger partial charge in [0.15, 0.2) is 0 Å². The maximum Gasteiger partial charge on any atom is 0.227 e. The number of carbonyl (C=O) groups is 2. The molecule has 13 heavy (non-hydrogen) atoms. The Bertz CT molecular complexity index is 223. The van der Waals surface area contributed by atoms with Crippen molar-refractivity contribution in [1.82, 2.24) is 5.32 Å². The second-order valence-electron chi connectivity index (χ2n) is 3.36. The van der Waals surface area contributed by atoms with E-state index in [4.69, 9.17) is 0 Å². The van der Waals surface area contributed by atoms with Crippen molar-refractivity contribution in [3.05, 3.63) is 12.7 Å². The van der Waals surface area contributed by atoms with Crippen LogP contribution in [0.5, 0.6) is 0 Å². The lowest BCUT2D eigenvalue weighted by atomic mass is 9.92. The SMILES string of the molecule is C=CCCCC1CNC(=O)CC1=O. The molecule has 0 spiro atoms. The molecule has 1 amide bonds. The fourth-order valence-electron chi connectivity index (χ4n) is 1.49. The maximum absolute atomic E-state index is 11.3. The molecule has 1 aliphatic rings. The largest absolute Gasteiger partial charge is 0.355 e. The minimum atomic E-state index is -0.134. The van der Waals surface area contributed by atoms with Crippen LogP contribution < -0.4 is 5.32 Å². The molecule has 1 heterocycles. The molecule has 1 saturated heterocycles. The molecule has 1 fully saturated rings. The highest BCUT2D eigenvalue weighted by molar-refractivity contribution is 6.01. The van der Waals surface area contributed by atoms with Crippen molar-refractivity contribution >= 4 is 11.7 Å². The van der Waals surface area contributed by atoms with E-state index in [9.17, 15) is 9.59 Å². The van der Waals surface area contributed by atoms with Gasteiger partial charge in [0.25, 0.3) is 0 Å². The third-order valence-electron chi connectivity index (χ3n) is 2.30. The summed E-state index contributed by atoms with van der Waals surface area (Å²) in [4.78, 5) is 22.1. The van der Waals surface area contributed by atoms with Gasteiger partial charge in [-0.1, -0.05) is 6.08 Å². The van der Waals surface area contributed by atoms with Crippen LogP contribution in [-0.4, -0.2) is 18.2 Å². The molecule has 72 valence electrons. The van der Waals surface area contributed by atoms with Crippen LogP contribution in [0.25, 0.3) is 0 Å². The van der Waals surface area contributed by atoms with Crippen molar-refractivity contribution < 1.29 is 9.59 Å². The number of rotatable bonds is 4. The van der Waals surface area contributed by atoms with Crippen molar-refractivity contribution in [3.63, 3.8) is 0 Å². The van der Waals surface area contributed by atoms with E-state index in [2.05, 4.69) is 11.9 Å². The molecule has 0 saturated carbocycles. The Hall–Kier alpha value is -1.12. The Kier molecular flexibility index (Phi) is 3.68. The average molecular weight is 181 g/mol. The van der Waals surface area contributed by atoms with Gasteiger partial charge in [-0.05, 0) is 19.3 Å². The van der Waals surface area contributed by atoms with Crippen molar-refractivity contribution in [2.75, 3.05) is 6.54 Å². The number of nitrogens with one attached hydrogen (secondary N) is 1. The van der Waals surface area contributed by atoms with Crippen LogP contribution in [0.1, 0.15) is 25.7 Å². The Morgan fingerprint density at radius 1 is 1.54 bits per heavy atom. The monoisotopic (exact) mass is 181 g/mol. The van der Waals surface area contributed by atoms with E-state index in [0.29, 0.717) is 6.54 Å². The van der Waals surface area contributed by atoms with Gasteiger partial charge in [-0.15, -0.1) is 6.58 Å². The van der Waals surface area contributed by atoms with Gasteiger partial charge < -0.3 is 5.32 Å². The Morgan fingerprint density at radius 3 is 2.92 bits per heavy atom. The molecule has 1 N–H and O–H groups in total. The van der Waals surface area contributed by atoms with E-state index in [1.54, 1.807) is 0 Å². The van der Waals surface area contributed by atoms with Crippen LogP contribution in [0, 0.1) is 5.92 Å². The van der Waals surface area contributed by atoms with Gasteiger partial charge in [0.05, 0.1) is 6.42 Å². The number of ketones is 1. The zero-order valence-corrected chi connectivity index (χ0v) is 7.71. The topological polar surface area (TPSA) is 46.2 Å². The third-order valence-corrected chi connectivity index (χ3v) is 2.30. The van der Waals surface area contributed by atoms with Gasteiger partial charge in [-0.3, -0.25) is 9.59 Å². The van der Waals surface area contributed by atoms with E-state index in [1.165, 1.54) is 0 Å². The summed E-state index contributed by atoms with van der Waals surface area (Å²) < 4.78 is 0. The summed E-state index contributed by atoms with van der Waals surface area (Å²) in [6.45, 7) is 4.14. The fraction of sp³-hybridized carbons (Fsp3) is 0.600. The molecule has 0 aromatic carbocycles. The smallest absolute Gasteiger partial charge is 0.227 e. The maximum atomic E-state index is 11.3. The molecule has 0 radical (unpaired) electrons. The van der Waals surface area contributed by atoms with Crippen molar-refractivity contribution in [1.29, 1.82) is 0 Å². The summed E-state index contributed by atoms with van der Waals surface area (Å²) in [6, 6.07) is 0. The first kappa shape index (κ1) is 9.96. The predicted molar refractivity (Wildman–Crippen MR) is 50.2 cm³/mol. The van der Waals surface area contributed by atoms with Gasteiger partial charge >= 0.3 is 0 Å². The lowest BCUT2D eigenvalue weighted by Gasteiger charge is -2.20. The number of allylic oxidation sites excluding steroid dienone is 1. The molecular weight excluding hydrogens is 166 g/mol. The Labute approximate surface area is 78.2 Å². The third kappa shape index (κ3) is 3.01. The highest BCUT2D eigenvalue weighted by atomic mass is 16.2. The molecule has 0 aromatic rings. The van der Waals surface area contributed by atoms with Crippen LogP contribution in [0.4, 0.5) is 0 Å². The average Bonchev–Trinajstić information content (AvgIpc) is 2.09. The molecule has 3 heteroatoms. The zero-order chi connectivity index (χ0) is 9.68. The highest BCUT2D eigenvalue weighted by Gasteiger charge is 2.25. The number of amides is 1. The van der Waals surface area contributed by atoms with Crippen molar-refractivity contribution in [2.45, 2.75) is 25.7 Å². The number of hydrogen-bond acceptors (Lipinski definition) is 2. The second kappa shape index (κ2) is 4.80. The van der Waals surface area contributed by atoms with Crippen molar-refractivity contribution in [2.24, 2.45) is 5.92 Å². The normalized spacial score (nSPS) is 22.6. The zero-order valence-electron chi connectivity index (χ0n) is 7.71. The van der Waals surface area contributed by atoms with Gasteiger partial charge in [0, 0.05) is 12.5 Å². The van der Waals surface area contributed by atoms with Crippen molar-refractivity contribution in [3.8, 4) is 0 Å². The molecule has 0 aliphatic carbocycles. The molecule has 3 nitrogen and oxygen atoms in total.